The van der Waals surface area contributed by atoms with Crippen molar-refractivity contribution >= 4 is 11.8 Å². The molecule has 0 aromatic heterocycles. The fourth-order valence-electron chi connectivity index (χ4n) is 2.55. The summed E-state index contributed by atoms with van der Waals surface area (Å²) in [6, 6.07) is 6.94. The zero-order valence-electron chi connectivity index (χ0n) is 10.7. The normalized spacial score (nSPS) is 25.8. The molecule has 0 saturated heterocycles. The van der Waals surface area contributed by atoms with Gasteiger partial charge < -0.3 is 4.74 Å². The number of carbonyl (C=O) groups is 2. The quantitative estimate of drug-likeness (QED) is 0.601. The van der Waals surface area contributed by atoms with Crippen LogP contribution in [0.3, 0.4) is 0 Å². The van der Waals surface area contributed by atoms with Gasteiger partial charge in [-0.15, -0.1) is 0 Å². The van der Waals surface area contributed by atoms with Crippen molar-refractivity contribution in [2.24, 2.45) is 0 Å². The number of amides is 2. The maximum absolute atomic E-state index is 12.2. The summed E-state index contributed by atoms with van der Waals surface area (Å²) in [5, 5.41) is 0. The van der Waals surface area contributed by atoms with E-state index in [9.17, 15) is 9.59 Å². The third kappa shape index (κ3) is 2.08. The highest BCUT2D eigenvalue weighted by atomic mass is 16.5. The molecule has 2 aliphatic rings. The highest BCUT2D eigenvalue weighted by Crippen LogP contribution is 2.24. The first-order chi connectivity index (χ1) is 9.16. The number of ether oxygens (including phenoxy) is 1. The fraction of sp³-hybridized carbons (Fsp3) is 0.333. The Balaban J connectivity index is 1.79. The lowest BCUT2D eigenvalue weighted by molar-refractivity contribution is -0.00101. The van der Waals surface area contributed by atoms with Gasteiger partial charge in [0.2, 0.25) is 0 Å². The molecule has 19 heavy (non-hydrogen) atoms. The van der Waals surface area contributed by atoms with Crippen LogP contribution in [0.2, 0.25) is 0 Å². The molecule has 2 heterocycles. The molecule has 4 nitrogen and oxygen atoms in total. The van der Waals surface area contributed by atoms with Crippen molar-refractivity contribution in [3.63, 3.8) is 0 Å². The van der Waals surface area contributed by atoms with Gasteiger partial charge >= 0.3 is 0 Å². The van der Waals surface area contributed by atoms with Crippen molar-refractivity contribution in [2.45, 2.75) is 25.6 Å². The molecule has 0 bridgehead atoms. The SMILES string of the molecule is C[C@@H]1C=CC[C@H](CN2C(=O)c3ccccc3C2=O)O1. The lowest BCUT2D eigenvalue weighted by Crippen LogP contribution is -2.39. The average molecular weight is 257 g/mol. The Hall–Kier alpha value is -1.94. The van der Waals surface area contributed by atoms with E-state index in [-0.39, 0.29) is 24.0 Å². The molecule has 0 radical (unpaired) electrons. The second-order valence-electron chi connectivity index (χ2n) is 4.89. The molecule has 1 aromatic carbocycles. The lowest BCUT2D eigenvalue weighted by Gasteiger charge is -2.26. The van der Waals surface area contributed by atoms with Gasteiger partial charge in [-0.25, -0.2) is 0 Å². The fourth-order valence-corrected chi connectivity index (χ4v) is 2.55. The molecule has 98 valence electrons. The first-order valence-electron chi connectivity index (χ1n) is 6.44. The number of hydrogen-bond acceptors (Lipinski definition) is 3. The third-order valence-corrected chi connectivity index (χ3v) is 3.48. The average Bonchev–Trinajstić information content (AvgIpc) is 2.65. The maximum Gasteiger partial charge on any atom is 0.261 e. The van der Waals surface area contributed by atoms with E-state index in [0.717, 1.165) is 6.42 Å². The van der Waals surface area contributed by atoms with Crippen LogP contribution in [0.25, 0.3) is 0 Å². The number of carbonyl (C=O) groups excluding carboxylic acids is 2. The lowest BCUT2D eigenvalue weighted by atomic mass is 10.1. The van der Waals surface area contributed by atoms with E-state index in [1.807, 2.05) is 19.1 Å². The van der Waals surface area contributed by atoms with Crippen LogP contribution >= 0.6 is 0 Å². The summed E-state index contributed by atoms with van der Waals surface area (Å²) in [6.45, 7) is 2.27. The second-order valence-corrected chi connectivity index (χ2v) is 4.89. The Bertz CT molecular complexity index is 529. The molecule has 2 aliphatic heterocycles. The number of imide groups is 1. The van der Waals surface area contributed by atoms with Crippen LogP contribution in [-0.2, 0) is 4.74 Å². The van der Waals surface area contributed by atoms with Crippen molar-refractivity contribution in [3.05, 3.63) is 47.5 Å². The van der Waals surface area contributed by atoms with Gasteiger partial charge in [-0.05, 0) is 25.5 Å². The van der Waals surface area contributed by atoms with Gasteiger partial charge in [-0.1, -0.05) is 24.3 Å². The Morgan fingerprint density at radius 1 is 1.21 bits per heavy atom. The largest absolute Gasteiger partial charge is 0.369 e. The number of nitrogens with zero attached hydrogens (tertiary/aromatic N) is 1. The Morgan fingerprint density at radius 2 is 1.84 bits per heavy atom. The molecular weight excluding hydrogens is 242 g/mol. The summed E-state index contributed by atoms with van der Waals surface area (Å²) in [5.74, 6) is -0.433. The van der Waals surface area contributed by atoms with Gasteiger partial charge in [-0.3, -0.25) is 14.5 Å². The second kappa shape index (κ2) is 4.63. The van der Waals surface area contributed by atoms with E-state index in [0.29, 0.717) is 17.7 Å². The molecule has 3 rings (SSSR count). The van der Waals surface area contributed by atoms with Gasteiger partial charge in [0.15, 0.2) is 0 Å². The van der Waals surface area contributed by atoms with E-state index >= 15 is 0 Å². The summed E-state index contributed by atoms with van der Waals surface area (Å²) in [5.41, 5.74) is 0.985. The monoisotopic (exact) mass is 257 g/mol. The van der Waals surface area contributed by atoms with Gasteiger partial charge in [0, 0.05) is 0 Å². The zero-order chi connectivity index (χ0) is 13.4. The molecule has 0 aliphatic carbocycles. The predicted octanol–water partition coefficient (Wildman–Crippen LogP) is 2.02. The minimum Gasteiger partial charge on any atom is -0.369 e. The molecule has 0 N–H and O–H groups in total. The van der Waals surface area contributed by atoms with Crippen molar-refractivity contribution in [1.29, 1.82) is 0 Å². The molecule has 0 fully saturated rings. The maximum atomic E-state index is 12.2. The smallest absolute Gasteiger partial charge is 0.261 e. The molecule has 0 unspecified atom stereocenters. The van der Waals surface area contributed by atoms with Crippen LogP contribution in [0.4, 0.5) is 0 Å². The van der Waals surface area contributed by atoms with Crippen molar-refractivity contribution in [2.75, 3.05) is 6.54 Å². The van der Waals surface area contributed by atoms with E-state index in [1.165, 1.54) is 4.90 Å². The standard InChI is InChI=1S/C15H15NO3/c1-10-5-4-6-11(19-10)9-16-14(17)12-7-2-3-8-13(12)15(16)18/h2-5,7-8,10-11H,6,9H2,1H3/t10-,11-/m1/s1. The molecular formula is C15H15NO3. The number of hydrogen-bond donors (Lipinski definition) is 0. The van der Waals surface area contributed by atoms with Gasteiger partial charge in [0.25, 0.3) is 11.8 Å². The van der Waals surface area contributed by atoms with Crippen LogP contribution in [0.1, 0.15) is 34.1 Å². The summed E-state index contributed by atoms with van der Waals surface area (Å²) < 4.78 is 5.71. The van der Waals surface area contributed by atoms with E-state index < -0.39 is 0 Å². The zero-order valence-corrected chi connectivity index (χ0v) is 10.7. The molecule has 1 aromatic rings. The van der Waals surface area contributed by atoms with Crippen LogP contribution in [0, 0.1) is 0 Å². The Morgan fingerprint density at radius 3 is 2.42 bits per heavy atom. The third-order valence-electron chi connectivity index (χ3n) is 3.48. The summed E-state index contributed by atoms with van der Waals surface area (Å²) in [7, 11) is 0. The molecule has 0 saturated carbocycles. The Labute approximate surface area is 111 Å². The van der Waals surface area contributed by atoms with Crippen molar-refractivity contribution in [1.82, 2.24) is 4.90 Å². The highest BCUT2D eigenvalue weighted by Gasteiger charge is 2.36. The molecule has 2 atom stereocenters. The number of rotatable bonds is 2. The van der Waals surface area contributed by atoms with Gasteiger partial charge in [0.05, 0.1) is 29.9 Å². The summed E-state index contributed by atoms with van der Waals surface area (Å²) in [4.78, 5) is 25.7. The number of benzene rings is 1. The first-order valence-corrected chi connectivity index (χ1v) is 6.44. The molecule has 4 heteroatoms. The molecule has 0 spiro atoms. The van der Waals surface area contributed by atoms with E-state index in [4.69, 9.17) is 4.74 Å². The first kappa shape index (κ1) is 12.1. The summed E-state index contributed by atoms with van der Waals surface area (Å²) >= 11 is 0. The van der Waals surface area contributed by atoms with Gasteiger partial charge in [0.1, 0.15) is 0 Å². The van der Waals surface area contributed by atoms with Crippen LogP contribution in [0.5, 0.6) is 0 Å². The van der Waals surface area contributed by atoms with Crippen molar-refractivity contribution < 1.29 is 14.3 Å². The van der Waals surface area contributed by atoms with Gasteiger partial charge in [-0.2, -0.15) is 0 Å². The van der Waals surface area contributed by atoms with Crippen LogP contribution < -0.4 is 0 Å². The van der Waals surface area contributed by atoms with Crippen LogP contribution in [0.15, 0.2) is 36.4 Å². The Kier molecular flexibility index (Phi) is 2.95. The number of fused-ring (bicyclic) bond motifs is 1. The predicted molar refractivity (Wildman–Crippen MR) is 69.9 cm³/mol. The molecule has 2 amide bonds. The van der Waals surface area contributed by atoms with Crippen LogP contribution in [-0.4, -0.2) is 35.5 Å². The summed E-state index contributed by atoms with van der Waals surface area (Å²) in [6.07, 6.45) is 4.68. The topological polar surface area (TPSA) is 46.6 Å². The minimum absolute atomic E-state index is 0.0360. The van der Waals surface area contributed by atoms with Crippen molar-refractivity contribution in [3.8, 4) is 0 Å². The van der Waals surface area contributed by atoms with E-state index in [2.05, 4.69) is 0 Å². The van der Waals surface area contributed by atoms with E-state index in [1.54, 1.807) is 24.3 Å². The minimum atomic E-state index is -0.216. The highest BCUT2D eigenvalue weighted by molar-refractivity contribution is 6.21.